The monoisotopic (exact) mass is 371 g/mol. The molecule has 0 radical (unpaired) electrons. The zero-order valence-electron chi connectivity index (χ0n) is 15.5. The van der Waals surface area contributed by atoms with E-state index in [-0.39, 0.29) is 11.7 Å². The van der Waals surface area contributed by atoms with Crippen LogP contribution in [0.1, 0.15) is 18.6 Å². The van der Waals surface area contributed by atoms with Crippen molar-refractivity contribution in [3.63, 3.8) is 0 Å². The van der Waals surface area contributed by atoms with Crippen molar-refractivity contribution in [1.29, 1.82) is 0 Å². The summed E-state index contributed by atoms with van der Waals surface area (Å²) in [6.07, 6.45) is 2.03. The molecule has 2 fully saturated rings. The Morgan fingerprint density at radius 3 is 2.78 bits per heavy atom. The average Bonchev–Trinajstić information content (AvgIpc) is 3.37. The van der Waals surface area contributed by atoms with Crippen LogP contribution in [0.2, 0.25) is 0 Å². The molecule has 2 aliphatic rings. The van der Waals surface area contributed by atoms with Crippen LogP contribution in [0.25, 0.3) is 11.3 Å². The first-order chi connectivity index (χ1) is 13.2. The maximum absolute atomic E-state index is 13.9. The van der Waals surface area contributed by atoms with Crippen molar-refractivity contribution in [3.8, 4) is 11.3 Å². The number of halogens is 1. The van der Waals surface area contributed by atoms with Gasteiger partial charge in [-0.05, 0) is 30.7 Å². The molecule has 1 aromatic carbocycles. The number of rotatable bonds is 5. The van der Waals surface area contributed by atoms with Gasteiger partial charge in [0.05, 0.1) is 5.56 Å². The van der Waals surface area contributed by atoms with E-state index in [2.05, 4.69) is 10.2 Å². The quantitative estimate of drug-likeness (QED) is 0.878. The number of carbonyl (C=O) groups is 1. The van der Waals surface area contributed by atoms with E-state index in [9.17, 15) is 9.18 Å². The lowest BCUT2D eigenvalue weighted by Gasteiger charge is -2.32. The molecule has 2 aromatic rings. The zero-order valence-corrected chi connectivity index (χ0v) is 15.5. The van der Waals surface area contributed by atoms with Gasteiger partial charge in [-0.25, -0.2) is 4.39 Å². The third-order valence-corrected chi connectivity index (χ3v) is 5.57. The molecule has 2 saturated heterocycles. The highest BCUT2D eigenvalue weighted by Crippen LogP contribution is 2.25. The van der Waals surface area contributed by atoms with Gasteiger partial charge in [-0.3, -0.25) is 9.69 Å². The van der Waals surface area contributed by atoms with E-state index in [1.165, 1.54) is 6.07 Å². The van der Waals surface area contributed by atoms with Crippen molar-refractivity contribution in [2.75, 3.05) is 39.3 Å². The Hall–Kier alpha value is -2.18. The predicted molar refractivity (Wildman–Crippen MR) is 102 cm³/mol. The van der Waals surface area contributed by atoms with Gasteiger partial charge in [-0.1, -0.05) is 12.1 Å². The molecule has 6 heteroatoms. The van der Waals surface area contributed by atoms with Crippen LogP contribution in [0.5, 0.6) is 0 Å². The molecule has 1 unspecified atom stereocenters. The molecule has 1 amide bonds. The van der Waals surface area contributed by atoms with E-state index in [1.807, 2.05) is 11.0 Å². The van der Waals surface area contributed by atoms with Gasteiger partial charge >= 0.3 is 0 Å². The molecule has 4 rings (SSSR count). The molecular formula is C21H26FN3O2. The number of aryl methyl sites for hydroxylation is 1. The lowest BCUT2D eigenvalue weighted by atomic mass is 10.1. The lowest BCUT2D eigenvalue weighted by molar-refractivity contribution is -0.130. The maximum Gasteiger partial charge on any atom is 0.223 e. The summed E-state index contributed by atoms with van der Waals surface area (Å²) in [6, 6.07) is 10.7. The number of hydrogen-bond donors (Lipinski definition) is 1. The number of piperazine rings is 1. The molecule has 0 bridgehead atoms. The van der Waals surface area contributed by atoms with Crippen LogP contribution >= 0.6 is 0 Å². The normalized spacial score (nSPS) is 20.9. The van der Waals surface area contributed by atoms with Crippen molar-refractivity contribution < 1.29 is 13.6 Å². The van der Waals surface area contributed by atoms with Crippen molar-refractivity contribution in [2.24, 2.45) is 0 Å². The molecule has 2 aliphatic heterocycles. The molecule has 3 heterocycles. The standard InChI is InChI=1S/C21H26FN3O2/c22-19-4-2-1-3-18(19)20-7-5-17(27-20)6-8-21(26)25-12-9-16(15-25)24-13-10-23-11-14-24/h1-5,7,16,23H,6,8-15H2. The molecule has 1 N–H and O–H groups in total. The van der Waals surface area contributed by atoms with Gasteiger partial charge in [0.2, 0.25) is 5.91 Å². The number of benzene rings is 1. The largest absolute Gasteiger partial charge is 0.461 e. The van der Waals surface area contributed by atoms with Crippen molar-refractivity contribution in [1.82, 2.24) is 15.1 Å². The number of hydrogen-bond acceptors (Lipinski definition) is 4. The van der Waals surface area contributed by atoms with Crippen LogP contribution in [-0.2, 0) is 11.2 Å². The van der Waals surface area contributed by atoms with Crippen molar-refractivity contribution in [3.05, 3.63) is 48.0 Å². The van der Waals surface area contributed by atoms with Gasteiger partial charge < -0.3 is 14.6 Å². The van der Waals surface area contributed by atoms with Gasteiger partial charge in [-0.15, -0.1) is 0 Å². The smallest absolute Gasteiger partial charge is 0.223 e. The first-order valence-corrected chi connectivity index (χ1v) is 9.77. The van der Waals surface area contributed by atoms with E-state index in [0.29, 0.717) is 30.2 Å². The maximum atomic E-state index is 13.9. The predicted octanol–water partition coefficient (Wildman–Crippen LogP) is 2.52. The summed E-state index contributed by atoms with van der Waals surface area (Å²) in [5.41, 5.74) is 0.452. The fourth-order valence-electron chi connectivity index (χ4n) is 4.02. The van der Waals surface area contributed by atoms with Crippen LogP contribution in [0.15, 0.2) is 40.8 Å². The molecule has 0 saturated carbocycles. The number of furan rings is 1. The number of amides is 1. The molecule has 144 valence electrons. The summed E-state index contributed by atoms with van der Waals surface area (Å²) < 4.78 is 19.6. The van der Waals surface area contributed by atoms with Gasteiger partial charge in [0.25, 0.3) is 0 Å². The van der Waals surface area contributed by atoms with Gasteiger partial charge in [-0.2, -0.15) is 0 Å². The zero-order chi connectivity index (χ0) is 18.6. The third-order valence-electron chi connectivity index (χ3n) is 5.57. The van der Waals surface area contributed by atoms with Crippen molar-refractivity contribution in [2.45, 2.75) is 25.3 Å². The molecule has 0 aliphatic carbocycles. The van der Waals surface area contributed by atoms with Crippen LogP contribution in [-0.4, -0.2) is 61.0 Å². The highest BCUT2D eigenvalue weighted by atomic mass is 19.1. The average molecular weight is 371 g/mol. The molecular weight excluding hydrogens is 345 g/mol. The van der Waals surface area contributed by atoms with Crippen LogP contribution in [0.4, 0.5) is 4.39 Å². The second-order valence-electron chi connectivity index (χ2n) is 7.31. The minimum Gasteiger partial charge on any atom is -0.461 e. The number of likely N-dealkylation sites (tertiary alicyclic amines) is 1. The molecule has 1 atom stereocenters. The van der Waals surface area contributed by atoms with Crippen LogP contribution in [0.3, 0.4) is 0 Å². The SMILES string of the molecule is O=C(CCc1ccc(-c2ccccc2F)o1)N1CCC(N2CCNCC2)C1. The molecule has 1 aromatic heterocycles. The Morgan fingerprint density at radius 2 is 1.96 bits per heavy atom. The molecule has 0 spiro atoms. The van der Waals surface area contributed by atoms with E-state index in [4.69, 9.17) is 4.42 Å². The summed E-state index contributed by atoms with van der Waals surface area (Å²) in [7, 11) is 0. The Kier molecular flexibility index (Phi) is 5.55. The fraction of sp³-hybridized carbons (Fsp3) is 0.476. The molecule has 5 nitrogen and oxygen atoms in total. The number of nitrogens with one attached hydrogen (secondary N) is 1. The second kappa shape index (κ2) is 8.23. The van der Waals surface area contributed by atoms with E-state index >= 15 is 0 Å². The summed E-state index contributed by atoms with van der Waals surface area (Å²) in [4.78, 5) is 17.0. The third kappa shape index (κ3) is 4.22. The Bertz CT molecular complexity index is 785. The van der Waals surface area contributed by atoms with Gasteiger partial charge in [0.15, 0.2) is 0 Å². The van der Waals surface area contributed by atoms with E-state index in [1.54, 1.807) is 24.3 Å². The number of carbonyl (C=O) groups excluding carboxylic acids is 1. The van der Waals surface area contributed by atoms with E-state index in [0.717, 1.165) is 51.4 Å². The minimum absolute atomic E-state index is 0.177. The second-order valence-corrected chi connectivity index (χ2v) is 7.31. The highest BCUT2D eigenvalue weighted by Gasteiger charge is 2.30. The Balaban J connectivity index is 1.29. The Labute approximate surface area is 159 Å². The first-order valence-electron chi connectivity index (χ1n) is 9.77. The summed E-state index contributed by atoms with van der Waals surface area (Å²) in [5, 5.41) is 3.37. The highest BCUT2D eigenvalue weighted by molar-refractivity contribution is 5.76. The van der Waals surface area contributed by atoms with Crippen LogP contribution < -0.4 is 5.32 Å². The summed E-state index contributed by atoms with van der Waals surface area (Å²) in [6.45, 7) is 5.87. The Morgan fingerprint density at radius 1 is 1.15 bits per heavy atom. The first kappa shape index (κ1) is 18.2. The fourth-order valence-corrected chi connectivity index (χ4v) is 4.02. The minimum atomic E-state index is -0.300. The molecule has 27 heavy (non-hydrogen) atoms. The summed E-state index contributed by atoms with van der Waals surface area (Å²) in [5.74, 6) is 1.11. The topological polar surface area (TPSA) is 48.7 Å². The van der Waals surface area contributed by atoms with Gasteiger partial charge in [0, 0.05) is 58.2 Å². The number of nitrogens with zero attached hydrogens (tertiary/aromatic N) is 2. The van der Waals surface area contributed by atoms with Crippen LogP contribution in [0, 0.1) is 5.82 Å². The van der Waals surface area contributed by atoms with Gasteiger partial charge in [0.1, 0.15) is 17.3 Å². The van der Waals surface area contributed by atoms with Crippen molar-refractivity contribution >= 4 is 5.91 Å². The van der Waals surface area contributed by atoms with E-state index < -0.39 is 0 Å². The lowest BCUT2D eigenvalue weighted by Crippen LogP contribution is -2.49. The summed E-state index contributed by atoms with van der Waals surface area (Å²) >= 11 is 0.